The van der Waals surface area contributed by atoms with E-state index >= 15 is 0 Å². The van der Waals surface area contributed by atoms with Crippen LogP contribution in [0.4, 0.5) is 4.39 Å². The molecule has 26 heavy (non-hydrogen) atoms. The van der Waals surface area contributed by atoms with Crippen molar-refractivity contribution in [3.05, 3.63) is 48.0 Å². The quantitative estimate of drug-likeness (QED) is 0.726. The Morgan fingerprint density at radius 1 is 1.31 bits per heavy atom. The fourth-order valence-electron chi connectivity index (χ4n) is 3.10. The molecule has 134 valence electrons. The number of rotatable bonds is 3. The van der Waals surface area contributed by atoms with Gasteiger partial charge in [0, 0.05) is 23.2 Å². The zero-order chi connectivity index (χ0) is 18.3. The van der Waals surface area contributed by atoms with Gasteiger partial charge in [0.15, 0.2) is 9.84 Å². The van der Waals surface area contributed by atoms with Gasteiger partial charge in [-0.25, -0.2) is 17.8 Å². The molecule has 0 radical (unpaired) electrons. The molecule has 0 spiro atoms. The monoisotopic (exact) mass is 374 g/mol. The zero-order valence-corrected chi connectivity index (χ0v) is 14.4. The molecule has 1 aliphatic rings. The highest BCUT2D eigenvalue weighted by atomic mass is 32.2. The van der Waals surface area contributed by atoms with Crippen LogP contribution in [0.25, 0.3) is 22.2 Å². The zero-order valence-electron chi connectivity index (χ0n) is 13.6. The topological polar surface area (TPSA) is 105 Å². The lowest BCUT2D eigenvalue weighted by atomic mass is 10.0. The van der Waals surface area contributed by atoms with Crippen LogP contribution in [-0.4, -0.2) is 47.1 Å². The Bertz CT molecular complexity index is 1100. The van der Waals surface area contributed by atoms with Crippen molar-refractivity contribution in [2.45, 2.75) is 12.5 Å². The van der Waals surface area contributed by atoms with Crippen LogP contribution in [0.2, 0.25) is 0 Å². The molecular weight excluding hydrogens is 359 g/mol. The standard InChI is InChI=1S/C17H15FN4O3S/c18-11-1-2-15-13(5-11)14(6-16(22-15)10-7-19-20-8-10)17(23)21-12-3-4-26(24,25)9-12/h1-2,5-8,12H,3-4,9H2,(H,19,20)(H,21,23). The Hall–Kier alpha value is -2.81. The smallest absolute Gasteiger partial charge is 0.252 e. The predicted octanol–water partition coefficient (Wildman–Crippen LogP) is 1.68. The molecule has 1 aromatic carbocycles. The summed E-state index contributed by atoms with van der Waals surface area (Å²) in [6.45, 7) is 0. The number of amides is 1. The van der Waals surface area contributed by atoms with Crippen LogP contribution in [0, 0.1) is 5.82 Å². The van der Waals surface area contributed by atoms with Crippen LogP contribution in [0.15, 0.2) is 36.7 Å². The van der Waals surface area contributed by atoms with Crippen molar-refractivity contribution in [3.63, 3.8) is 0 Å². The van der Waals surface area contributed by atoms with Crippen molar-refractivity contribution in [2.24, 2.45) is 0 Å². The first-order chi connectivity index (χ1) is 12.4. The van der Waals surface area contributed by atoms with E-state index in [2.05, 4.69) is 20.5 Å². The molecule has 4 rings (SSSR count). The third-order valence-corrected chi connectivity index (χ3v) is 6.14. The number of pyridine rings is 1. The van der Waals surface area contributed by atoms with Gasteiger partial charge in [-0.1, -0.05) is 0 Å². The maximum atomic E-state index is 13.7. The molecule has 3 aromatic rings. The van der Waals surface area contributed by atoms with Gasteiger partial charge in [0.1, 0.15) is 5.82 Å². The van der Waals surface area contributed by atoms with Gasteiger partial charge in [-0.05, 0) is 30.7 Å². The van der Waals surface area contributed by atoms with Crippen LogP contribution in [0.1, 0.15) is 16.8 Å². The molecule has 1 unspecified atom stereocenters. The number of benzene rings is 1. The van der Waals surface area contributed by atoms with Crippen LogP contribution < -0.4 is 5.32 Å². The molecule has 0 bridgehead atoms. The highest BCUT2D eigenvalue weighted by Crippen LogP contribution is 2.25. The van der Waals surface area contributed by atoms with E-state index in [0.29, 0.717) is 28.6 Å². The molecule has 0 aliphatic carbocycles. The average molecular weight is 374 g/mol. The summed E-state index contributed by atoms with van der Waals surface area (Å²) >= 11 is 0. The minimum Gasteiger partial charge on any atom is -0.348 e. The van der Waals surface area contributed by atoms with Crippen molar-refractivity contribution < 1.29 is 17.6 Å². The van der Waals surface area contributed by atoms with Crippen molar-refractivity contribution in [1.29, 1.82) is 0 Å². The highest BCUT2D eigenvalue weighted by Gasteiger charge is 2.29. The van der Waals surface area contributed by atoms with Gasteiger partial charge < -0.3 is 5.32 Å². The molecule has 1 saturated heterocycles. The van der Waals surface area contributed by atoms with Gasteiger partial charge in [0.2, 0.25) is 0 Å². The van der Waals surface area contributed by atoms with E-state index in [-0.39, 0.29) is 17.1 Å². The van der Waals surface area contributed by atoms with Crippen LogP contribution >= 0.6 is 0 Å². The number of halogens is 1. The predicted molar refractivity (Wildman–Crippen MR) is 93.8 cm³/mol. The van der Waals surface area contributed by atoms with Crippen molar-refractivity contribution in [3.8, 4) is 11.3 Å². The first kappa shape index (κ1) is 16.6. The highest BCUT2D eigenvalue weighted by molar-refractivity contribution is 7.91. The summed E-state index contributed by atoms with van der Waals surface area (Å²) < 4.78 is 36.9. The lowest BCUT2D eigenvalue weighted by Crippen LogP contribution is -2.35. The van der Waals surface area contributed by atoms with E-state index in [0.717, 1.165) is 0 Å². The summed E-state index contributed by atoms with van der Waals surface area (Å²) in [5.41, 5.74) is 1.92. The molecule has 3 heterocycles. The first-order valence-electron chi connectivity index (χ1n) is 8.02. The number of nitrogens with zero attached hydrogens (tertiary/aromatic N) is 2. The van der Waals surface area contributed by atoms with Gasteiger partial charge in [-0.15, -0.1) is 0 Å². The number of aromatic nitrogens is 3. The maximum absolute atomic E-state index is 13.7. The van der Waals surface area contributed by atoms with E-state index in [1.54, 1.807) is 18.5 Å². The molecule has 1 fully saturated rings. The molecule has 2 aromatic heterocycles. The number of nitrogens with one attached hydrogen (secondary N) is 2. The Labute approximate surface area is 148 Å². The molecular formula is C17H15FN4O3S. The van der Waals surface area contributed by atoms with Gasteiger partial charge >= 0.3 is 0 Å². The lowest BCUT2D eigenvalue weighted by molar-refractivity contribution is 0.0943. The summed E-state index contributed by atoms with van der Waals surface area (Å²) in [5, 5.41) is 9.67. The van der Waals surface area contributed by atoms with E-state index in [4.69, 9.17) is 0 Å². The number of aromatic amines is 1. The fourth-order valence-corrected chi connectivity index (χ4v) is 4.77. The minimum atomic E-state index is -3.12. The molecule has 0 saturated carbocycles. The Morgan fingerprint density at radius 3 is 2.85 bits per heavy atom. The summed E-state index contributed by atoms with van der Waals surface area (Å²) in [7, 11) is -3.12. The SMILES string of the molecule is O=C(NC1CCS(=O)(=O)C1)c1cc(-c2cn[nH]c2)nc2ccc(F)cc12. The second-order valence-electron chi connectivity index (χ2n) is 6.28. The van der Waals surface area contributed by atoms with Crippen molar-refractivity contribution in [2.75, 3.05) is 11.5 Å². The number of H-pyrrole nitrogens is 1. The Balaban J connectivity index is 1.76. The fraction of sp³-hybridized carbons (Fsp3) is 0.235. The molecule has 2 N–H and O–H groups in total. The Morgan fingerprint density at radius 2 is 2.15 bits per heavy atom. The van der Waals surface area contributed by atoms with Crippen LogP contribution in [-0.2, 0) is 9.84 Å². The van der Waals surface area contributed by atoms with Crippen LogP contribution in [0.3, 0.4) is 0 Å². The molecule has 1 amide bonds. The second-order valence-corrected chi connectivity index (χ2v) is 8.51. The summed E-state index contributed by atoms with van der Waals surface area (Å²) in [4.78, 5) is 17.2. The lowest BCUT2D eigenvalue weighted by Gasteiger charge is -2.13. The second kappa shape index (κ2) is 6.17. The first-order valence-corrected chi connectivity index (χ1v) is 9.84. The number of sulfone groups is 1. The molecule has 9 heteroatoms. The average Bonchev–Trinajstić information content (AvgIpc) is 3.23. The van der Waals surface area contributed by atoms with E-state index in [9.17, 15) is 17.6 Å². The number of carbonyl (C=O) groups excluding carboxylic acids is 1. The summed E-state index contributed by atoms with van der Waals surface area (Å²) in [6.07, 6.45) is 3.59. The van der Waals surface area contributed by atoms with Gasteiger partial charge in [-0.3, -0.25) is 9.89 Å². The van der Waals surface area contributed by atoms with Crippen molar-refractivity contribution >= 4 is 26.6 Å². The number of hydrogen-bond acceptors (Lipinski definition) is 5. The largest absolute Gasteiger partial charge is 0.348 e. The molecule has 1 aliphatic heterocycles. The van der Waals surface area contributed by atoms with Gasteiger partial charge in [-0.2, -0.15) is 5.10 Å². The third-order valence-electron chi connectivity index (χ3n) is 4.38. The molecule has 1 atom stereocenters. The summed E-state index contributed by atoms with van der Waals surface area (Å²) in [5.74, 6) is -0.947. The number of carbonyl (C=O) groups is 1. The molecule has 7 nitrogen and oxygen atoms in total. The van der Waals surface area contributed by atoms with Gasteiger partial charge in [0.25, 0.3) is 5.91 Å². The van der Waals surface area contributed by atoms with Crippen LogP contribution in [0.5, 0.6) is 0 Å². The van der Waals surface area contributed by atoms with E-state index < -0.39 is 27.6 Å². The number of hydrogen-bond donors (Lipinski definition) is 2. The van der Waals surface area contributed by atoms with Gasteiger partial charge in [0.05, 0.1) is 34.5 Å². The number of fused-ring (bicyclic) bond motifs is 1. The third kappa shape index (κ3) is 3.17. The Kier molecular flexibility index (Phi) is 3.95. The normalized spacial score (nSPS) is 18.9. The summed E-state index contributed by atoms with van der Waals surface area (Å²) in [6, 6.07) is 5.15. The minimum absolute atomic E-state index is 0.0595. The maximum Gasteiger partial charge on any atom is 0.252 e. The van der Waals surface area contributed by atoms with E-state index in [1.807, 2.05) is 0 Å². The van der Waals surface area contributed by atoms with E-state index in [1.165, 1.54) is 18.2 Å². The van der Waals surface area contributed by atoms with Crippen molar-refractivity contribution in [1.82, 2.24) is 20.5 Å².